The molecule has 0 bridgehead atoms. The molecule has 0 amide bonds. The molecule has 3 heterocycles. The second-order valence-corrected chi connectivity index (χ2v) is 9.31. The first-order valence-corrected chi connectivity index (χ1v) is 11.4. The normalized spacial score (nSPS) is 26.1. The second kappa shape index (κ2) is 9.18. The van der Waals surface area contributed by atoms with Gasteiger partial charge in [0.15, 0.2) is 0 Å². The lowest BCUT2D eigenvalue weighted by Crippen LogP contribution is -2.50. The number of nitrogens with zero attached hydrogens (tertiary/aromatic N) is 3. The number of carboxylic acids is 2. The zero-order valence-electron chi connectivity index (χ0n) is 18.6. The Labute approximate surface area is 188 Å². The minimum atomic E-state index is -1.01. The van der Waals surface area contributed by atoms with Gasteiger partial charge in [0, 0.05) is 31.9 Å². The summed E-state index contributed by atoms with van der Waals surface area (Å²) in [6, 6.07) is 10.7. The van der Waals surface area contributed by atoms with Gasteiger partial charge in [-0.1, -0.05) is 13.8 Å². The number of anilines is 2. The molecule has 0 radical (unpaired) electrons. The monoisotopic (exact) mass is 437 g/mol. The topological polar surface area (TPSA) is 94.0 Å². The van der Waals surface area contributed by atoms with Gasteiger partial charge in [-0.2, -0.15) is 0 Å². The second-order valence-electron chi connectivity index (χ2n) is 9.31. The summed E-state index contributed by atoms with van der Waals surface area (Å²) in [4.78, 5) is 31.1. The minimum Gasteiger partial charge on any atom is -0.478 e. The predicted octanol–water partition coefficient (Wildman–Crippen LogP) is 4.10. The standard InChI is InChI=1S/C25H31N3O4/c1-16-9-11-27(19-5-3-18(4-6-19)24(29)30)14-21(16)22-15-28(12-10-17(22)2)20-7-8-23(25(31)32)26-13-20/h3-8,13,16-17,21-22H,9-12,14-15H2,1-2H3,(H,29,30)(H,31,32)/t16-,17+,21?,22?/m1/s1. The fourth-order valence-corrected chi connectivity index (χ4v) is 5.30. The molecule has 32 heavy (non-hydrogen) atoms. The van der Waals surface area contributed by atoms with E-state index in [2.05, 4.69) is 28.6 Å². The average molecular weight is 438 g/mol. The van der Waals surface area contributed by atoms with Crippen LogP contribution in [-0.2, 0) is 0 Å². The van der Waals surface area contributed by atoms with E-state index < -0.39 is 11.9 Å². The maximum Gasteiger partial charge on any atom is 0.354 e. The van der Waals surface area contributed by atoms with Crippen molar-refractivity contribution in [2.24, 2.45) is 23.7 Å². The van der Waals surface area contributed by atoms with Gasteiger partial charge in [0.25, 0.3) is 0 Å². The van der Waals surface area contributed by atoms with Crippen molar-refractivity contribution in [3.63, 3.8) is 0 Å². The van der Waals surface area contributed by atoms with Crippen LogP contribution in [0, 0.1) is 23.7 Å². The van der Waals surface area contributed by atoms with Crippen LogP contribution >= 0.6 is 0 Å². The molecule has 2 unspecified atom stereocenters. The number of piperidine rings is 2. The Hall–Kier alpha value is -3.09. The molecule has 1 aromatic carbocycles. The van der Waals surface area contributed by atoms with Crippen molar-refractivity contribution < 1.29 is 19.8 Å². The summed E-state index contributed by atoms with van der Waals surface area (Å²) in [5.41, 5.74) is 2.45. The first-order valence-electron chi connectivity index (χ1n) is 11.4. The number of rotatable bonds is 5. The predicted molar refractivity (Wildman–Crippen MR) is 124 cm³/mol. The van der Waals surface area contributed by atoms with Crippen LogP contribution < -0.4 is 9.80 Å². The van der Waals surface area contributed by atoms with Crippen LogP contribution in [0.25, 0.3) is 0 Å². The number of hydrogen-bond acceptors (Lipinski definition) is 5. The van der Waals surface area contributed by atoms with Crippen molar-refractivity contribution in [2.75, 3.05) is 36.0 Å². The van der Waals surface area contributed by atoms with Gasteiger partial charge in [0.05, 0.1) is 17.4 Å². The maximum atomic E-state index is 11.2. The van der Waals surface area contributed by atoms with Gasteiger partial charge < -0.3 is 20.0 Å². The Kier molecular flexibility index (Phi) is 6.35. The lowest BCUT2D eigenvalue weighted by Gasteiger charge is -2.48. The highest BCUT2D eigenvalue weighted by Gasteiger charge is 2.38. The molecule has 2 aromatic rings. The Balaban J connectivity index is 1.49. The third-order valence-electron chi connectivity index (χ3n) is 7.39. The SMILES string of the molecule is C[C@@H]1CCN(c2ccc(C(=O)O)cc2)CC1C1CN(c2ccc(C(=O)O)nc2)CC[C@@H]1C. The van der Waals surface area contributed by atoms with Crippen LogP contribution in [0.15, 0.2) is 42.6 Å². The molecule has 2 aliphatic heterocycles. The molecular weight excluding hydrogens is 406 g/mol. The number of aromatic nitrogens is 1. The van der Waals surface area contributed by atoms with Crippen LogP contribution in [0.5, 0.6) is 0 Å². The number of aromatic carboxylic acids is 2. The van der Waals surface area contributed by atoms with Gasteiger partial charge in [0.2, 0.25) is 0 Å². The molecule has 2 saturated heterocycles. The summed E-state index contributed by atoms with van der Waals surface area (Å²) in [5, 5.41) is 18.3. The van der Waals surface area contributed by atoms with Gasteiger partial charge in [0.1, 0.15) is 5.69 Å². The molecule has 2 N–H and O–H groups in total. The summed E-state index contributed by atoms with van der Waals surface area (Å²) >= 11 is 0. The molecule has 0 saturated carbocycles. The zero-order chi connectivity index (χ0) is 22.8. The lowest BCUT2D eigenvalue weighted by atomic mass is 9.70. The van der Waals surface area contributed by atoms with Crippen molar-refractivity contribution >= 4 is 23.3 Å². The Morgan fingerprint density at radius 2 is 1.34 bits per heavy atom. The fourth-order valence-electron chi connectivity index (χ4n) is 5.30. The van der Waals surface area contributed by atoms with E-state index in [0.29, 0.717) is 29.2 Å². The van der Waals surface area contributed by atoms with E-state index in [1.807, 2.05) is 18.2 Å². The molecule has 7 heteroatoms. The molecule has 7 nitrogen and oxygen atoms in total. The van der Waals surface area contributed by atoms with E-state index in [0.717, 1.165) is 50.4 Å². The van der Waals surface area contributed by atoms with Crippen molar-refractivity contribution in [1.82, 2.24) is 4.98 Å². The fraction of sp³-hybridized carbons (Fsp3) is 0.480. The highest BCUT2D eigenvalue weighted by Crippen LogP contribution is 2.39. The van der Waals surface area contributed by atoms with Crippen molar-refractivity contribution in [2.45, 2.75) is 26.7 Å². The Morgan fingerprint density at radius 1 is 0.812 bits per heavy atom. The summed E-state index contributed by atoms with van der Waals surface area (Å²) in [6.07, 6.45) is 3.89. The van der Waals surface area contributed by atoms with Crippen molar-refractivity contribution in [3.8, 4) is 0 Å². The zero-order valence-corrected chi connectivity index (χ0v) is 18.6. The highest BCUT2D eigenvalue weighted by molar-refractivity contribution is 5.88. The largest absolute Gasteiger partial charge is 0.478 e. The quantitative estimate of drug-likeness (QED) is 0.727. The van der Waals surface area contributed by atoms with E-state index >= 15 is 0 Å². The number of hydrogen-bond donors (Lipinski definition) is 2. The molecule has 0 spiro atoms. The Morgan fingerprint density at radius 3 is 1.81 bits per heavy atom. The van der Waals surface area contributed by atoms with E-state index in [1.165, 1.54) is 0 Å². The number of benzene rings is 1. The van der Waals surface area contributed by atoms with Crippen LogP contribution in [0.2, 0.25) is 0 Å². The van der Waals surface area contributed by atoms with Gasteiger partial charge >= 0.3 is 11.9 Å². The summed E-state index contributed by atoms with van der Waals surface area (Å²) in [7, 11) is 0. The molecule has 1 aromatic heterocycles. The molecule has 0 aliphatic carbocycles. The summed E-state index contributed by atoms with van der Waals surface area (Å²) < 4.78 is 0. The first-order chi connectivity index (χ1) is 15.3. The van der Waals surface area contributed by atoms with Crippen molar-refractivity contribution in [1.29, 1.82) is 0 Å². The van der Waals surface area contributed by atoms with E-state index in [1.54, 1.807) is 24.4 Å². The van der Waals surface area contributed by atoms with Crippen LogP contribution in [-0.4, -0.2) is 53.3 Å². The third-order valence-corrected chi connectivity index (χ3v) is 7.39. The van der Waals surface area contributed by atoms with Crippen LogP contribution in [0.1, 0.15) is 47.5 Å². The minimum absolute atomic E-state index is 0.0705. The van der Waals surface area contributed by atoms with Crippen molar-refractivity contribution in [3.05, 3.63) is 53.9 Å². The van der Waals surface area contributed by atoms with E-state index in [9.17, 15) is 14.7 Å². The first kappa shape index (κ1) is 22.1. The molecule has 4 rings (SSSR count). The van der Waals surface area contributed by atoms with E-state index in [-0.39, 0.29) is 5.69 Å². The van der Waals surface area contributed by atoms with Crippen LogP contribution in [0.4, 0.5) is 11.4 Å². The smallest absolute Gasteiger partial charge is 0.354 e. The van der Waals surface area contributed by atoms with Gasteiger partial charge in [-0.15, -0.1) is 0 Å². The van der Waals surface area contributed by atoms with Gasteiger partial charge in [-0.3, -0.25) is 0 Å². The average Bonchev–Trinajstić information content (AvgIpc) is 2.80. The molecule has 2 fully saturated rings. The van der Waals surface area contributed by atoms with Gasteiger partial charge in [-0.05, 0) is 72.9 Å². The molecular formula is C25H31N3O4. The van der Waals surface area contributed by atoms with Crippen LogP contribution in [0.3, 0.4) is 0 Å². The molecule has 4 atom stereocenters. The van der Waals surface area contributed by atoms with E-state index in [4.69, 9.17) is 5.11 Å². The Bertz CT molecular complexity index is 881. The lowest BCUT2D eigenvalue weighted by molar-refractivity contribution is 0.0682. The number of carboxylic acid groups (broad SMARTS) is 2. The summed E-state index contributed by atoms with van der Waals surface area (Å²) in [5.74, 6) is 0.382. The number of pyridine rings is 1. The third kappa shape index (κ3) is 4.56. The highest BCUT2D eigenvalue weighted by atomic mass is 16.4. The number of carbonyl (C=O) groups is 2. The maximum absolute atomic E-state index is 11.2. The summed E-state index contributed by atoms with van der Waals surface area (Å²) in [6.45, 7) is 8.54. The van der Waals surface area contributed by atoms with Gasteiger partial charge in [-0.25, -0.2) is 14.6 Å². The molecule has 170 valence electrons. The molecule has 2 aliphatic rings.